The second kappa shape index (κ2) is 8.38. The molecule has 0 aromatic heterocycles. The number of nitriles is 1. The van der Waals surface area contributed by atoms with Crippen LogP contribution in [0.5, 0.6) is 5.75 Å². The normalized spacial score (nSPS) is 20.6. The fourth-order valence-corrected chi connectivity index (χ4v) is 4.01. The molecule has 0 unspecified atom stereocenters. The van der Waals surface area contributed by atoms with Crippen LogP contribution < -0.4 is 9.64 Å². The number of nitrogens with zero attached hydrogens (tertiary/aromatic N) is 2. The number of hydrogen-bond donors (Lipinski definition) is 0. The number of methoxy groups -OCH3 is 1. The SMILES string of the molecule is CO[C@H]1C[C@H](Oc2cc(F)c(F)c(N3CCc4cc(CCC#N)ccc4C3)c2)C1. The third-order valence-electron chi connectivity index (χ3n) is 5.82. The van der Waals surface area contributed by atoms with E-state index in [1.165, 1.54) is 5.56 Å². The van der Waals surface area contributed by atoms with E-state index in [1.54, 1.807) is 13.2 Å². The highest BCUT2D eigenvalue weighted by Crippen LogP contribution is 2.34. The first-order valence-corrected chi connectivity index (χ1v) is 9.98. The maximum Gasteiger partial charge on any atom is 0.182 e. The molecule has 2 aromatic rings. The Morgan fingerprint density at radius 1 is 1.14 bits per heavy atom. The summed E-state index contributed by atoms with van der Waals surface area (Å²) in [5, 5.41) is 8.76. The van der Waals surface area contributed by atoms with Crippen molar-refractivity contribution in [1.82, 2.24) is 0 Å². The van der Waals surface area contributed by atoms with Gasteiger partial charge in [0.1, 0.15) is 11.9 Å². The monoisotopic (exact) mass is 398 g/mol. The molecule has 2 aliphatic rings. The van der Waals surface area contributed by atoms with Crippen LogP contribution in [0.25, 0.3) is 0 Å². The van der Waals surface area contributed by atoms with Crippen molar-refractivity contribution < 1.29 is 18.3 Å². The minimum Gasteiger partial charge on any atom is -0.490 e. The summed E-state index contributed by atoms with van der Waals surface area (Å²) >= 11 is 0. The van der Waals surface area contributed by atoms with Crippen molar-refractivity contribution in [2.24, 2.45) is 0 Å². The Morgan fingerprint density at radius 3 is 2.72 bits per heavy atom. The molecule has 1 aliphatic carbocycles. The Labute approximate surface area is 169 Å². The van der Waals surface area contributed by atoms with Crippen molar-refractivity contribution in [1.29, 1.82) is 5.26 Å². The molecule has 2 aromatic carbocycles. The molecule has 0 bridgehead atoms. The molecule has 1 aliphatic heterocycles. The smallest absolute Gasteiger partial charge is 0.182 e. The van der Waals surface area contributed by atoms with E-state index < -0.39 is 11.6 Å². The second-order valence-electron chi connectivity index (χ2n) is 7.74. The van der Waals surface area contributed by atoms with E-state index in [4.69, 9.17) is 14.7 Å². The molecule has 0 atom stereocenters. The van der Waals surface area contributed by atoms with Gasteiger partial charge in [-0.25, -0.2) is 8.78 Å². The van der Waals surface area contributed by atoms with Crippen molar-refractivity contribution in [2.75, 3.05) is 18.6 Å². The topological polar surface area (TPSA) is 45.5 Å². The zero-order chi connectivity index (χ0) is 20.4. The number of fused-ring (bicyclic) bond motifs is 1. The van der Waals surface area contributed by atoms with Crippen molar-refractivity contribution in [2.45, 2.75) is 50.9 Å². The molecule has 1 fully saturated rings. The van der Waals surface area contributed by atoms with Gasteiger partial charge in [0, 0.05) is 51.6 Å². The maximum atomic E-state index is 14.6. The molecule has 1 saturated carbocycles. The molecular formula is C23H24F2N2O2. The van der Waals surface area contributed by atoms with Gasteiger partial charge in [0.2, 0.25) is 0 Å². The van der Waals surface area contributed by atoms with Gasteiger partial charge in [0.15, 0.2) is 11.6 Å². The fraction of sp³-hybridized carbons (Fsp3) is 0.435. The summed E-state index contributed by atoms with van der Waals surface area (Å²) in [7, 11) is 1.66. The van der Waals surface area contributed by atoms with Gasteiger partial charge in [0.25, 0.3) is 0 Å². The summed E-state index contributed by atoms with van der Waals surface area (Å²) < 4.78 is 39.9. The Hall–Kier alpha value is -2.65. The van der Waals surface area contributed by atoms with Gasteiger partial charge < -0.3 is 14.4 Å². The van der Waals surface area contributed by atoms with E-state index in [-0.39, 0.29) is 17.9 Å². The third-order valence-corrected chi connectivity index (χ3v) is 5.82. The fourth-order valence-electron chi connectivity index (χ4n) is 4.01. The molecule has 0 radical (unpaired) electrons. The minimum atomic E-state index is -0.891. The standard InChI is InChI=1S/C23H24F2N2O2/c1-28-18-10-19(11-18)29-20-12-21(24)23(25)22(13-20)27-8-6-16-9-15(3-2-7-26)4-5-17(16)14-27/h4-5,9,12-13,18-19H,2-3,6,8,10-11,14H2,1H3/t18-,19-. The molecule has 1 heterocycles. The number of anilines is 1. The predicted molar refractivity (Wildman–Crippen MR) is 106 cm³/mol. The lowest BCUT2D eigenvalue weighted by molar-refractivity contribution is -0.0382. The van der Waals surface area contributed by atoms with Crippen LogP contribution in [0.3, 0.4) is 0 Å². The van der Waals surface area contributed by atoms with Crippen LogP contribution in [0.4, 0.5) is 14.5 Å². The Bertz CT molecular complexity index is 935. The van der Waals surface area contributed by atoms with Gasteiger partial charge in [-0.1, -0.05) is 18.2 Å². The highest BCUT2D eigenvalue weighted by Gasteiger charge is 2.31. The van der Waals surface area contributed by atoms with Crippen molar-refractivity contribution >= 4 is 5.69 Å². The Balaban J connectivity index is 1.50. The largest absolute Gasteiger partial charge is 0.490 e. The van der Waals surface area contributed by atoms with Crippen LogP contribution in [0.15, 0.2) is 30.3 Å². The Kier molecular flexibility index (Phi) is 5.68. The van der Waals surface area contributed by atoms with Crippen molar-refractivity contribution in [3.05, 3.63) is 58.7 Å². The van der Waals surface area contributed by atoms with Crippen LogP contribution in [0.2, 0.25) is 0 Å². The molecule has 0 saturated heterocycles. The van der Waals surface area contributed by atoms with Crippen LogP contribution in [-0.2, 0) is 24.1 Å². The zero-order valence-electron chi connectivity index (χ0n) is 16.5. The first-order chi connectivity index (χ1) is 14.1. The molecule has 6 heteroatoms. The molecule has 4 nitrogen and oxygen atoms in total. The van der Waals surface area contributed by atoms with Crippen LogP contribution in [0.1, 0.15) is 36.0 Å². The summed E-state index contributed by atoms with van der Waals surface area (Å²) in [6.07, 6.45) is 3.66. The first kappa shape index (κ1) is 19.7. The summed E-state index contributed by atoms with van der Waals surface area (Å²) in [5.74, 6) is -1.37. The highest BCUT2D eigenvalue weighted by molar-refractivity contribution is 5.55. The van der Waals surface area contributed by atoms with E-state index in [0.29, 0.717) is 25.3 Å². The maximum absolute atomic E-state index is 14.6. The van der Waals surface area contributed by atoms with Gasteiger partial charge in [-0.15, -0.1) is 0 Å². The number of benzene rings is 2. The summed E-state index contributed by atoms with van der Waals surface area (Å²) in [6, 6.07) is 11.1. The molecule has 0 spiro atoms. The second-order valence-corrected chi connectivity index (χ2v) is 7.74. The van der Waals surface area contributed by atoms with E-state index >= 15 is 0 Å². The van der Waals surface area contributed by atoms with Gasteiger partial charge in [-0.05, 0) is 29.5 Å². The lowest BCUT2D eigenvalue weighted by atomic mass is 9.92. The average Bonchev–Trinajstić information content (AvgIpc) is 2.70. The third kappa shape index (κ3) is 4.20. The quantitative estimate of drug-likeness (QED) is 0.717. The lowest BCUT2D eigenvalue weighted by Crippen LogP contribution is -2.39. The van der Waals surface area contributed by atoms with Gasteiger partial charge >= 0.3 is 0 Å². The van der Waals surface area contributed by atoms with Gasteiger partial charge in [-0.2, -0.15) is 5.26 Å². The summed E-state index contributed by atoms with van der Waals surface area (Å²) in [6.45, 7) is 1.12. The number of halogens is 2. The summed E-state index contributed by atoms with van der Waals surface area (Å²) in [5.41, 5.74) is 3.69. The number of ether oxygens (including phenoxy) is 2. The van der Waals surface area contributed by atoms with Gasteiger partial charge in [-0.3, -0.25) is 0 Å². The highest BCUT2D eigenvalue weighted by atomic mass is 19.2. The van der Waals surface area contributed by atoms with Crippen molar-refractivity contribution in [3.63, 3.8) is 0 Å². The van der Waals surface area contributed by atoms with Crippen molar-refractivity contribution in [3.8, 4) is 11.8 Å². The van der Waals surface area contributed by atoms with E-state index in [2.05, 4.69) is 12.1 Å². The summed E-state index contributed by atoms with van der Waals surface area (Å²) in [4.78, 5) is 1.86. The average molecular weight is 398 g/mol. The number of aryl methyl sites for hydroxylation is 1. The van der Waals surface area contributed by atoms with Gasteiger partial charge in [0.05, 0.1) is 17.9 Å². The molecule has 4 rings (SSSR count). The van der Waals surface area contributed by atoms with E-state index in [1.807, 2.05) is 17.0 Å². The lowest BCUT2D eigenvalue weighted by Gasteiger charge is -2.35. The van der Waals surface area contributed by atoms with Crippen LogP contribution in [0, 0.1) is 23.0 Å². The first-order valence-electron chi connectivity index (χ1n) is 9.98. The minimum absolute atomic E-state index is 0.0217. The molecular weight excluding hydrogens is 374 g/mol. The van der Waals surface area contributed by atoms with Crippen LogP contribution in [-0.4, -0.2) is 25.9 Å². The number of rotatable bonds is 6. The van der Waals surface area contributed by atoms with Crippen LogP contribution >= 0.6 is 0 Å². The predicted octanol–water partition coefficient (Wildman–Crippen LogP) is 4.54. The molecule has 0 N–H and O–H groups in total. The molecule has 152 valence electrons. The van der Waals surface area contributed by atoms with E-state index in [9.17, 15) is 8.78 Å². The van der Waals surface area contributed by atoms with E-state index in [0.717, 1.165) is 42.9 Å². The zero-order valence-corrected chi connectivity index (χ0v) is 16.5. The molecule has 0 amide bonds. The molecule has 29 heavy (non-hydrogen) atoms. The Morgan fingerprint density at radius 2 is 1.97 bits per heavy atom. The number of hydrogen-bond acceptors (Lipinski definition) is 4.